The van der Waals surface area contributed by atoms with Gasteiger partial charge in [0.1, 0.15) is 4.90 Å². The molecule has 0 spiro atoms. The molecule has 0 aromatic heterocycles. The van der Waals surface area contributed by atoms with Crippen molar-refractivity contribution in [2.75, 3.05) is 0 Å². The zero-order valence-electron chi connectivity index (χ0n) is 7.75. The largest absolute Gasteiger partial charge is 0.374 e. The molecule has 0 aliphatic heterocycles. The average molecular weight is 257 g/mol. The minimum Gasteiger partial charge on any atom is -0.295 e. The fourth-order valence-electron chi connectivity index (χ4n) is 0.909. The molecule has 6 nitrogen and oxygen atoms in total. The Morgan fingerprint density at radius 3 is 2.27 bits per heavy atom. The monoisotopic (exact) mass is 257 g/mol. The Morgan fingerprint density at radius 2 is 1.80 bits per heavy atom. The molecule has 0 atom stereocenters. The minimum atomic E-state index is -4.50. The van der Waals surface area contributed by atoms with Gasteiger partial charge < -0.3 is 0 Å². The van der Waals surface area contributed by atoms with Gasteiger partial charge in [0.15, 0.2) is 0 Å². The second kappa shape index (κ2) is 6.06. The molecular formula is C7H6KO6S. The SMILES string of the molecule is O=C(OO)c1ccccc1S(=O)(=O)O.[K]. The zero-order chi connectivity index (χ0) is 10.8. The Labute approximate surface area is 128 Å². The Morgan fingerprint density at radius 1 is 1.27 bits per heavy atom. The van der Waals surface area contributed by atoms with Gasteiger partial charge in [-0.1, -0.05) is 12.1 Å². The number of hydrogen-bond acceptors (Lipinski definition) is 5. The summed E-state index contributed by atoms with van der Waals surface area (Å²) in [5.74, 6) is -1.25. The number of benzene rings is 1. The van der Waals surface area contributed by atoms with Gasteiger partial charge in [-0.25, -0.2) is 4.79 Å². The fourth-order valence-corrected chi connectivity index (χ4v) is 1.59. The van der Waals surface area contributed by atoms with Gasteiger partial charge in [0.05, 0.1) is 5.56 Å². The van der Waals surface area contributed by atoms with Crippen molar-refractivity contribution in [2.45, 2.75) is 4.90 Å². The second-order valence-corrected chi connectivity index (χ2v) is 3.74. The van der Waals surface area contributed by atoms with Gasteiger partial charge in [-0.3, -0.25) is 9.44 Å². The molecule has 0 amide bonds. The van der Waals surface area contributed by atoms with Gasteiger partial charge in [-0.15, -0.1) is 0 Å². The summed E-state index contributed by atoms with van der Waals surface area (Å²) in [6.45, 7) is 0. The van der Waals surface area contributed by atoms with Crippen LogP contribution in [0.25, 0.3) is 0 Å². The van der Waals surface area contributed by atoms with Crippen LogP contribution in [0.5, 0.6) is 0 Å². The van der Waals surface area contributed by atoms with Gasteiger partial charge in [-0.05, 0) is 12.1 Å². The van der Waals surface area contributed by atoms with Crippen LogP contribution in [0.3, 0.4) is 0 Å². The van der Waals surface area contributed by atoms with Gasteiger partial charge in [-0.2, -0.15) is 13.7 Å². The number of rotatable bonds is 2. The third-order valence-corrected chi connectivity index (χ3v) is 2.38. The quantitative estimate of drug-likeness (QED) is 0.339. The summed E-state index contributed by atoms with van der Waals surface area (Å²) in [4.78, 5) is 13.6. The van der Waals surface area contributed by atoms with Crippen molar-refractivity contribution in [3.8, 4) is 0 Å². The molecule has 0 aliphatic rings. The van der Waals surface area contributed by atoms with Crippen LogP contribution in [0.15, 0.2) is 29.2 Å². The van der Waals surface area contributed by atoms with E-state index in [1.807, 2.05) is 0 Å². The van der Waals surface area contributed by atoms with E-state index >= 15 is 0 Å². The van der Waals surface area contributed by atoms with Crippen molar-refractivity contribution < 1.29 is 27.9 Å². The maximum Gasteiger partial charge on any atom is 0.374 e. The van der Waals surface area contributed by atoms with E-state index in [1.54, 1.807) is 0 Å². The molecule has 8 heteroatoms. The van der Waals surface area contributed by atoms with E-state index in [9.17, 15) is 13.2 Å². The van der Waals surface area contributed by atoms with Crippen LogP contribution in [0.2, 0.25) is 0 Å². The molecule has 1 aromatic carbocycles. The van der Waals surface area contributed by atoms with Gasteiger partial charge in [0.25, 0.3) is 10.1 Å². The maximum atomic E-state index is 10.8. The maximum absolute atomic E-state index is 10.8. The average Bonchev–Trinajstić information content (AvgIpc) is 2.15. The van der Waals surface area contributed by atoms with Crippen molar-refractivity contribution >= 4 is 67.5 Å². The van der Waals surface area contributed by atoms with E-state index in [0.717, 1.165) is 12.1 Å². The van der Waals surface area contributed by atoms with Crippen molar-refractivity contribution in [3.05, 3.63) is 29.8 Å². The third kappa shape index (κ3) is 3.92. The first-order valence-electron chi connectivity index (χ1n) is 3.39. The van der Waals surface area contributed by atoms with E-state index in [-0.39, 0.29) is 51.4 Å². The van der Waals surface area contributed by atoms with E-state index in [2.05, 4.69) is 4.89 Å². The van der Waals surface area contributed by atoms with Crippen LogP contribution in [-0.2, 0) is 15.0 Å². The van der Waals surface area contributed by atoms with E-state index in [0.29, 0.717) is 0 Å². The smallest absolute Gasteiger partial charge is 0.295 e. The van der Waals surface area contributed by atoms with Crippen LogP contribution in [0.4, 0.5) is 0 Å². The molecule has 1 aromatic rings. The predicted octanol–water partition coefficient (Wildman–Crippen LogP) is 0.182. The fraction of sp³-hybridized carbons (Fsp3) is 0. The predicted molar refractivity (Wildman–Crippen MR) is 50.1 cm³/mol. The van der Waals surface area contributed by atoms with Gasteiger partial charge >= 0.3 is 5.97 Å². The summed E-state index contributed by atoms with van der Waals surface area (Å²) in [6, 6.07) is 4.79. The van der Waals surface area contributed by atoms with Crippen molar-refractivity contribution in [1.29, 1.82) is 0 Å². The standard InChI is InChI=1S/C7H6O6S.K/c8-7(13-9)5-3-1-2-4-6(5)14(10,11)12;/h1-4,9H,(H,10,11,12);. The summed E-state index contributed by atoms with van der Waals surface area (Å²) in [5.41, 5.74) is -0.433. The summed E-state index contributed by atoms with van der Waals surface area (Å²) >= 11 is 0. The first-order chi connectivity index (χ1) is 6.46. The third-order valence-electron chi connectivity index (χ3n) is 1.47. The molecule has 1 radical (unpaired) electrons. The molecule has 77 valence electrons. The van der Waals surface area contributed by atoms with E-state index in [1.165, 1.54) is 12.1 Å². The van der Waals surface area contributed by atoms with E-state index in [4.69, 9.17) is 9.81 Å². The number of carbonyl (C=O) groups excluding carboxylic acids is 1. The van der Waals surface area contributed by atoms with Gasteiger partial charge in [0, 0.05) is 51.4 Å². The first-order valence-corrected chi connectivity index (χ1v) is 4.83. The van der Waals surface area contributed by atoms with Crippen LogP contribution in [-0.4, -0.2) is 75.6 Å². The van der Waals surface area contributed by atoms with Crippen LogP contribution in [0.1, 0.15) is 10.4 Å². The molecule has 0 fully saturated rings. The van der Waals surface area contributed by atoms with Crippen molar-refractivity contribution in [2.24, 2.45) is 0 Å². The molecule has 0 saturated carbocycles. The normalized spacial score (nSPS) is 10.3. The van der Waals surface area contributed by atoms with Crippen LogP contribution in [0, 0.1) is 0 Å². The molecule has 2 N–H and O–H groups in total. The first kappa shape index (κ1) is 15.2. The Hall–Kier alpha value is 0.196. The molecule has 0 aliphatic carbocycles. The zero-order valence-corrected chi connectivity index (χ0v) is 11.7. The minimum absolute atomic E-state index is 0. The molecule has 1 rings (SSSR count). The molecule has 0 unspecified atom stereocenters. The molecule has 15 heavy (non-hydrogen) atoms. The summed E-state index contributed by atoms with van der Waals surface area (Å²) in [5, 5.41) is 8.05. The molecule has 0 heterocycles. The summed E-state index contributed by atoms with van der Waals surface area (Å²) in [6.07, 6.45) is 0. The second-order valence-electron chi connectivity index (χ2n) is 2.35. The topological polar surface area (TPSA) is 101 Å². The molecular weight excluding hydrogens is 251 g/mol. The molecule has 0 bridgehead atoms. The van der Waals surface area contributed by atoms with Crippen LogP contribution >= 0.6 is 0 Å². The Kier molecular flexibility index (Phi) is 6.14. The Bertz CT molecular complexity index is 454. The Balaban J connectivity index is 0.00000196. The number of hydrogen-bond donors (Lipinski definition) is 2. The number of carbonyl (C=O) groups is 1. The van der Waals surface area contributed by atoms with E-state index < -0.39 is 26.5 Å². The van der Waals surface area contributed by atoms with Crippen molar-refractivity contribution in [1.82, 2.24) is 0 Å². The summed E-state index contributed by atoms with van der Waals surface area (Å²) < 4.78 is 30.2. The summed E-state index contributed by atoms with van der Waals surface area (Å²) in [7, 11) is -4.50. The van der Waals surface area contributed by atoms with Crippen LogP contribution < -0.4 is 0 Å². The molecule has 0 saturated heterocycles. The van der Waals surface area contributed by atoms with Gasteiger partial charge in [0.2, 0.25) is 0 Å². The van der Waals surface area contributed by atoms with Crippen molar-refractivity contribution in [3.63, 3.8) is 0 Å².